The van der Waals surface area contributed by atoms with E-state index in [1.807, 2.05) is 6.07 Å². The molecule has 1 aliphatic carbocycles. The van der Waals surface area contributed by atoms with Crippen LogP contribution in [-0.4, -0.2) is 36.6 Å². The second-order valence-corrected chi connectivity index (χ2v) is 6.77. The van der Waals surface area contributed by atoms with Crippen molar-refractivity contribution in [3.05, 3.63) is 35.6 Å². The van der Waals surface area contributed by atoms with Crippen molar-refractivity contribution in [3.8, 4) is 0 Å². The molecule has 1 unspecified atom stereocenters. The molecule has 0 amide bonds. The first-order valence-electron chi connectivity index (χ1n) is 8.45. The lowest BCUT2D eigenvalue weighted by Gasteiger charge is -2.39. The van der Waals surface area contributed by atoms with E-state index in [1.54, 1.807) is 6.07 Å². The molecule has 0 aromatic heterocycles. The van der Waals surface area contributed by atoms with Crippen molar-refractivity contribution in [1.82, 2.24) is 10.2 Å². The van der Waals surface area contributed by atoms with Crippen LogP contribution in [0.25, 0.3) is 0 Å². The molecule has 1 aromatic rings. The van der Waals surface area contributed by atoms with Crippen LogP contribution in [0, 0.1) is 5.82 Å². The molecule has 1 aliphatic heterocycles. The summed E-state index contributed by atoms with van der Waals surface area (Å²) < 4.78 is 13.2. The first-order valence-corrected chi connectivity index (χ1v) is 8.45. The summed E-state index contributed by atoms with van der Waals surface area (Å²) in [5.74, 6) is 0.436. The molecule has 1 atom stereocenters. The summed E-state index contributed by atoms with van der Waals surface area (Å²) in [6.45, 7) is 5.94. The molecule has 1 aromatic carbocycles. The van der Waals surface area contributed by atoms with E-state index in [1.165, 1.54) is 38.4 Å². The molecule has 1 saturated carbocycles. The molecular formula is C18H27FN2. The molecular weight excluding hydrogens is 263 g/mol. The fourth-order valence-electron chi connectivity index (χ4n) is 3.64. The maximum Gasteiger partial charge on any atom is 0.123 e. The predicted molar refractivity (Wildman–Crippen MR) is 85.1 cm³/mol. The van der Waals surface area contributed by atoms with Crippen LogP contribution in [0.1, 0.15) is 50.5 Å². The van der Waals surface area contributed by atoms with E-state index in [4.69, 9.17) is 0 Å². The molecule has 3 heteroatoms. The lowest BCUT2D eigenvalue weighted by molar-refractivity contribution is 0.160. The largest absolute Gasteiger partial charge is 0.312 e. The minimum Gasteiger partial charge on any atom is -0.312 e. The highest BCUT2D eigenvalue weighted by molar-refractivity contribution is 5.23. The fraction of sp³-hybridized carbons (Fsp3) is 0.667. The monoisotopic (exact) mass is 290 g/mol. The van der Waals surface area contributed by atoms with Crippen molar-refractivity contribution >= 4 is 0 Å². The van der Waals surface area contributed by atoms with Gasteiger partial charge in [0.15, 0.2) is 0 Å². The van der Waals surface area contributed by atoms with E-state index < -0.39 is 0 Å². The summed E-state index contributed by atoms with van der Waals surface area (Å²) in [5, 5.41) is 3.70. The maximum absolute atomic E-state index is 13.2. The molecule has 1 N–H and O–H groups in total. The minimum absolute atomic E-state index is 0.109. The van der Waals surface area contributed by atoms with E-state index >= 15 is 0 Å². The Balaban J connectivity index is 1.39. The number of halogens is 1. The van der Waals surface area contributed by atoms with Crippen LogP contribution in [0.3, 0.4) is 0 Å². The highest BCUT2D eigenvalue weighted by atomic mass is 19.1. The zero-order valence-electron chi connectivity index (χ0n) is 13.0. The lowest BCUT2D eigenvalue weighted by atomic mass is 9.76. The van der Waals surface area contributed by atoms with Crippen LogP contribution in [0.15, 0.2) is 24.3 Å². The average Bonchev–Trinajstić information content (AvgIpc) is 2.46. The third-order valence-corrected chi connectivity index (χ3v) is 5.17. The number of likely N-dealkylation sites (tertiary alicyclic amines) is 1. The fourth-order valence-corrected chi connectivity index (χ4v) is 3.64. The van der Waals surface area contributed by atoms with Crippen LogP contribution in [0.4, 0.5) is 4.39 Å². The Kier molecular flexibility index (Phi) is 4.91. The number of benzene rings is 1. The van der Waals surface area contributed by atoms with Gasteiger partial charge in [-0.15, -0.1) is 0 Å². The maximum atomic E-state index is 13.2. The van der Waals surface area contributed by atoms with Crippen LogP contribution >= 0.6 is 0 Å². The van der Waals surface area contributed by atoms with Crippen molar-refractivity contribution < 1.29 is 4.39 Å². The number of hydrogen-bond acceptors (Lipinski definition) is 2. The van der Waals surface area contributed by atoms with Gasteiger partial charge in [-0.3, -0.25) is 4.90 Å². The minimum atomic E-state index is -0.109. The second-order valence-electron chi connectivity index (χ2n) is 6.77. The normalized spacial score (nSPS) is 28.1. The Bertz CT molecular complexity index is 450. The van der Waals surface area contributed by atoms with Gasteiger partial charge in [-0.05, 0) is 69.3 Å². The van der Waals surface area contributed by atoms with Crippen molar-refractivity contribution in [3.63, 3.8) is 0 Å². The van der Waals surface area contributed by atoms with Gasteiger partial charge in [0.1, 0.15) is 5.82 Å². The molecule has 0 spiro atoms. The summed E-state index contributed by atoms with van der Waals surface area (Å²) in [7, 11) is 0. The van der Waals surface area contributed by atoms with Crippen LogP contribution in [-0.2, 0) is 0 Å². The Morgan fingerprint density at radius 3 is 2.71 bits per heavy atom. The van der Waals surface area contributed by atoms with Crippen molar-refractivity contribution in [1.29, 1.82) is 0 Å². The van der Waals surface area contributed by atoms with Gasteiger partial charge in [0.25, 0.3) is 0 Å². The lowest BCUT2D eigenvalue weighted by Crippen LogP contribution is -2.48. The summed E-state index contributed by atoms with van der Waals surface area (Å²) in [6, 6.07) is 8.35. The molecule has 1 heterocycles. The summed E-state index contributed by atoms with van der Waals surface area (Å²) in [6.07, 6.45) is 6.41. The third-order valence-electron chi connectivity index (χ3n) is 5.17. The van der Waals surface area contributed by atoms with Crippen molar-refractivity contribution in [2.24, 2.45) is 0 Å². The predicted octanol–water partition coefficient (Wildman–Crippen LogP) is 3.54. The van der Waals surface area contributed by atoms with Gasteiger partial charge in [-0.1, -0.05) is 18.6 Å². The standard InChI is InChI=1S/C18H27FN2/c1-14(21-8-3-2-4-9-21)13-20-18-11-16(12-18)15-6-5-7-17(19)10-15/h5-7,10,14,16,18,20H,2-4,8-9,11-13H2,1H3. The highest BCUT2D eigenvalue weighted by Crippen LogP contribution is 2.37. The van der Waals surface area contributed by atoms with Crippen molar-refractivity contribution in [2.75, 3.05) is 19.6 Å². The van der Waals surface area contributed by atoms with Crippen molar-refractivity contribution in [2.45, 2.75) is 57.0 Å². The van der Waals surface area contributed by atoms with Gasteiger partial charge < -0.3 is 5.32 Å². The highest BCUT2D eigenvalue weighted by Gasteiger charge is 2.30. The Morgan fingerprint density at radius 2 is 2.00 bits per heavy atom. The molecule has 21 heavy (non-hydrogen) atoms. The van der Waals surface area contributed by atoms with Gasteiger partial charge >= 0.3 is 0 Å². The smallest absolute Gasteiger partial charge is 0.123 e. The van der Waals surface area contributed by atoms with Gasteiger partial charge in [0.2, 0.25) is 0 Å². The average molecular weight is 290 g/mol. The summed E-state index contributed by atoms with van der Waals surface area (Å²) in [5.41, 5.74) is 1.16. The number of nitrogens with one attached hydrogen (secondary N) is 1. The molecule has 116 valence electrons. The number of piperidine rings is 1. The zero-order valence-corrected chi connectivity index (χ0v) is 13.0. The van der Waals surface area contributed by atoms with E-state index in [9.17, 15) is 4.39 Å². The second kappa shape index (κ2) is 6.89. The molecule has 2 aliphatic rings. The van der Waals surface area contributed by atoms with Crippen LogP contribution in [0.5, 0.6) is 0 Å². The quantitative estimate of drug-likeness (QED) is 0.892. The van der Waals surface area contributed by atoms with Crippen LogP contribution in [0.2, 0.25) is 0 Å². The molecule has 0 radical (unpaired) electrons. The Morgan fingerprint density at radius 1 is 1.24 bits per heavy atom. The molecule has 1 saturated heterocycles. The van der Waals surface area contributed by atoms with Gasteiger partial charge in [-0.25, -0.2) is 4.39 Å². The third kappa shape index (κ3) is 3.83. The summed E-state index contributed by atoms with van der Waals surface area (Å²) in [4.78, 5) is 2.61. The van der Waals surface area contributed by atoms with Gasteiger partial charge in [0.05, 0.1) is 0 Å². The SMILES string of the molecule is CC(CNC1CC(c2cccc(F)c2)C1)N1CCCCC1. The number of hydrogen-bond donors (Lipinski definition) is 1. The van der Waals surface area contributed by atoms with E-state index in [0.717, 1.165) is 24.9 Å². The molecule has 2 fully saturated rings. The van der Waals surface area contributed by atoms with E-state index in [2.05, 4.69) is 23.2 Å². The topological polar surface area (TPSA) is 15.3 Å². The van der Waals surface area contributed by atoms with Crippen LogP contribution < -0.4 is 5.32 Å². The molecule has 0 bridgehead atoms. The first-order chi connectivity index (χ1) is 10.2. The van der Waals surface area contributed by atoms with Gasteiger partial charge in [0, 0.05) is 18.6 Å². The molecule has 3 rings (SSSR count). The summed E-state index contributed by atoms with van der Waals surface area (Å²) >= 11 is 0. The van der Waals surface area contributed by atoms with Gasteiger partial charge in [-0.2, -0.15) is 0 Å². The Labute approximate surface area is 127 Å². The molecule has 2 nitrogen and oxygen atoms in total. The first kappa shape index (κ1) is 15.0. The van der Waals surface area contributed by atoms with E-state index in [-0.39, 0.29) is 5.82 Å². The Hall–Kier alpha value is -0.930. The number of nitrogens with zero attached hydrogens (tertiary/aromatic N) is 1. The zero-order chi connectivity index (χ0) is 14.7. The van der Waals surface area contributed by atoms with E-state index in [0.29, 0.717) is 18.0 Å². The number of rotatable bonds is 5.